The Balaban J connectivity index is 1.87. The van der Waals surface area contributed by atoms with Gasteiger partial charge in [-0.25, -0.2) is 9.78 Å². The predicted octanol–water partition coefficient (Wildman–Crippen LogP) is 4.08. The second-order valence-corrected chi connectivity index (χ2v) is 5.20. The molecule has 1 unspecified atom stereocenters. The highest BCUT2D eigenvalue weighted by Gasteiger charge is 2.12. The number of H-pyrrole nitrogens is 1. The molecule has 1 aromatic heterocycles. The number of aromatic amines is 1. The van der Waals surface area contributed by atoms with E-state index >= 15 is 0 Å². The van der Waals surface area contributed by atoms with Crippen LogP contribution in [0.15, 0.2) is 24.5 Å². The van der Waals surface area contributed by atoms with Crippen LogP contribution in [0.3, 0.4) is 0 Å². The van der Waals surface area contributed by atoms with Crippen LogP contribution in [-0.4, -0.2) is 22.0 Å². The van der Waals surface area contributed by atoms with Crippen LogP contribution in [0.2, 0.25) is 0 Å². The number of hydrogen-bond donors (Lipinski definition) is 1. The second kappa shape index (κ2) is 7.08. The molecule has 1 heterocycles. The molecule has 4 nitrogen and oxygen atoms in total. The first-order chi connectivity index (χ1) is 9.70. The van der Waals surface area contributed by atoms with Gasteiger partial charge in [-0.3, -0.25) is 0 Å². The first kappa shape index (κ1) is 14.6. The van der Waals surface area contributed by atoms with Crippen LogP contribution in [-0.2, 0) is 4.74 Å². The summed E-state index contributed by atoms with van der Waals surface area (Å²) in [5, 5.41) is 0. The van der Waals surface area contributed by atoms with Crippen LogP contribution >= 0.6 is 0 Å². The SMILES string of the molecule is CCCCCCC(C)OC(=O)c1ccc2nc[nH]c2c1. The van der Waals surface area contributed by atoms with Crippen molar-refractivity contribution >= 4 is 17.0 Å². The van der Waals surface area contributed by atoms with Gasteiger partial charge in [0.1, 0.15) is 0 Å². The van der Waals surface area contributed by atoms with Gasteiger partial charge < -0.3 is 9.72 Å². The molecule has 0 aliphatic carbocycles. The smallest absolute Gasteiger partial charge is 0.338 e. The molecular weight excluding hydrogens is 252 g/mol. The van der Waals surface area contributed by atoms with Crippen molar-refractivity contribution in [2.45, 2.75) is 52.1 Å². The van der Waals surface area contributed by atoms with Crippen molar-refractivity contribution in [1.29, 1.82) is 0 Å². The summed E-state index contributed by atoms with van der Waals surface area (Å²) in [6.07, 6.45) is 7.31. The summed E-state index contributed by atoms with van der Waals surface area (Å²) in [4.78, 5) is 19.2. The van der Waals surface area contributed by atoms with Gasteiger partial charge in [0.2, 0.25) is 0 Å². The summed E-state index contributed by atoms with van der Waals surface area (Å²) in [5.74, 6) is -0.260. The highest BCUT2D eigenvalue weighted by atomic mass is 16.5. The molecule has 0 bridgehead atoms. The molecule has 0 aliphatic heterocycles. The lowest BCUT2D eigenvalue weighted by Crippen LogP contribution is -2.15. The van der Waals surface area contributed by atoms with Gasteiger partial charge in [0.15, 0.2) is 0 Å². The lowest BCUT2D eigenvalue weighted by molar-refractivity contribution is 0.0319. The average molecular weight is 274 g/mol. The Labute approximate surface area is 119 Å². The van der Waals surface area contributed by atoms with Gasteiger partial charge >= 0.3 is 5.97 Å². The van der Waals surface area contributed by atoms with E-state index in [1.807, 2.05) is 13.0 Å². The Bertz CT molecular complexity index is 562. The van der Waals surface area contributed by atoms with E-state index in [4.69, 9.17) is 4.74 Å². The van der Waals surface area contributed by atoms with Crippen molar-refractivity contribution in [3.63, 3.8) is 0 Å². The second-order valence-electron chi connectivity index (χ2n) is 5.20. The Morgan fingerprint density at radius 2 is 2.20 bits per heavy atom. The predicted molar refractivity (Wildman–Crippen MR) is 79.7 cm³/mol. The third kappa shape index (κ3) is 3.83. The van der Waals surface area contributed by atoms with Crippen molar-refractivity contribution in [2.75, 3.05) is 0 Å². The van der Waals surface area contributed by atoms with E-state index in [-0.39, 0.29) is 12.1 Å². The molecule has 2 rings (SSSR count). The fraction of sp³-hybridized carbons (Fsp3) is 0.500. The number of unbranched alkanes of at least 4 members (excludes halogenated alkanes) is 3. The average Bonchev–Trinajstić information content (AvgIpc) is 2.90. The number of ether oxygens (including phenoxy) is 1. The lowest BCUT2D eigenvalue weighted by Gasteiger charge is -2.13. The molecule has 4 heteroatoms. The van der Waals surface area contributed by atoms with Gasteiger partial charge in [-0.2, -0.15) is 0 Å². The Morgan fingerprint density at radius 1 is 1.35 bits per heavy atom. The van der Waals surface area contributed by atoms with E-state index in [1.165, 1.54) is 19.3 Å². The Hall–Kier alpha value is -1.84. The Morgan fingerprint density at radius 3 is 3.00 bits per heavy atom. The van der Waals surface area contributed by atoms with E-state index in [9.17, 15) is 4.79 Å². The zero-order valence-electron chi connectivity index (χ0n) is 12.2. The third-order valence-corrected chi connectivity index (χ3v) is 3.43. The fourth-order valence-corrected chi connectivity index (χ4v) is 2.23. The molecule has 0 saturated carbocycles. The number of benzene rings is 1. The van der Waals surface area contributed by atoms with Crippen molar-refractivity contribution in [3.05, 3.63) is 30.1 Å². The minimum atomic E-state index is -0.260. The minimum Gasteiger partial charge on any atom is -0.459 e. The van der Waals surface area contributed by atoms with Gasteiger partial charge in [0, 0.05) is 0 Å². The summed E-state index contributed by atoms with van der Waals surface area (Å²) in [7, 11) is 0. The van der Waals surface area contributed by atoms with Gasteiger partial charge in [0.25, 0.3) is 0 Å². The van der Waals surface area contributed by atoms with E-state index < -0.39 is 0 Å². The molecule has 0 saturated heterocycles. The van der Waals surface area contributed by atoms with Crippen molar-refractivity contribution < 1.29 is 9.53 Å². The standard InChI is InChI=1S/C16H22N2O2/c1-3-4-5-6-7-12(2)20-16(19)13-8-9-14-15(10-13)18-11-17-14/h8-12H,3-7H2,1-2H3,(H,17,18). The number of aromatic nitrogens is 2. The van der Waals surface area contributed by atoms with Crippen LogP contribution in [0.5, 0.6) is 0 Å². The van der Waals surface area contributed by atoms with Crippen molar-refractivity contribution in [3.8, 4) is 0 Å². The van der Waals surface area contributed by atoms with E-state index in [1.54, 1.807) is 18.5 Å². The maximum atomic E-state index is 12.1. The largest absolute Gasteiger partial charge is 0.459 e. The quantitative estimate of drug-likeness (QED) is 0.611. The maximum absolute atomic E-state index is 12.1. The van der Waals surface area contributed by atoms with E-state index in [2.05, 4.69) is 16.9 Å². The molecule has 20 heavy (non-hydrogen) atoms. The molecule has 1 atom stereocenters. The van der Waals surface area contributed by atoms with Gasteiger partial charge in [-0.15, -0.1) is 0 Å². The number of hydrogen-bond acceptors (Lipinski definition) is 3. The van der Waals surface area contributed by atoms with E-state index in [0.717, 1.165) is 23.9 Å². The monoisotopic (exact) mass is 274 g/mol. The highest BCUT2D eigenvalue weighted by molar-refractivity contribution is 5.93. The minimum absolute atomic E-state index is 0.0307. The van der Waals surface area contributed by atoms with Crippen LogP contribution in [0.1, 0.15) is 56.3 Å². The maximum Gasteiger partial charge on any atom is 0.338 e. The summed E-state index contributed by atoms with van der Waals surface area (Å²) in [5.41, 5.74) is 2.28. The molecule has 0 aliphatic rings. The molecule has 2 aromatic rings. The summed E-state index contributed by atoms with van der Waals surface area (Å²) in [6.45, 7) is 4.15. The molecule has 0 amide bonds. The number of esters is 1. The summed E-state index contributed by atoms with van der Waals surface area (Å²) < 4.78 is 5.47. The van der Waals surface area contributed by atoms with Crippen molar-refractivity contribution in [1.82, 2.24) is 9.97 Å². The van der Waals surface area contributed by atoms with Crippen LogP contribution in [0, 0.1) is 0 Å². The van der Waals surface area contributed by atoms with Crippen LogP contribution in [0.25, 0.3) is 11.0 Å². The number of imidazole rings is 1. The third-order valence-electron chi connectivity index (χ3n) is 3.43. The van der Waals surface area contributed by atoms with Crippen LogP contribution < -0.4 is 0 Å². The van der Waals surface area contributed by atoms with Gasteiger partial charge in [0.05, 0.1) is 29.0 Å². The molecule has 1 N–H and O–H groups in total. The fourth-order valence-electron chi connectivity index (χ4n) is 2.23. The van der Waals surface area contributed by atoms with Gasteiger partial charge in [-0.05, 0) is 38.0 Å². The molecule has 0 fully saturated rings. The number of rotatable bonds is 7. The Kier molecular flexibility index (Phi) is 5.16. The zero-order chi connectivity index (χ0) is 14.4. The number of nitrogens with zero attached hydrogens (tertiary/aromatic N) is 1. The molecule has 108 valence electrons. The van der Waals surface area contributed by atoms with Crippen molar-refractivity contribution in [2.24, 2.45) is 0 Å². The topological polar surface area (TPSA) is 55.0 Å². The summed E-state index contributed by atoms with van der Waals surface area (Å²) >= 11 is 0. The molecule has 1 aromatic carbocycles. The number of nitrogens with one attached hydrogen (secondary N) is 1. The number of fused-ring (bicyclic) bond motifs is 1. The highest BCUT2D eigenvalue weighted by Crippen LogP contribution is 2.14. The number of carbonyl (C=O) groups is 1. The summed E-state index contributed by atoms with van der Waals surface area (Å²) in [6, 6.07) is 5.37. The van der Waals surface area contributed by atoms with E-state index in [0.29, 0.717) is 5.56 Å². The first-order valence-corrected chi connectivity index (χ1v) is 7.35. The van der Waals surface area contributed by atoms with Gasteiger partial charge in [-0.1, -0.05) is 26.2 Å². The normalized spacial score (nSPS) is 12.5. The molecular formula is C16H22N2O2. The lowest BCUT2D eigenvalue weighted by atomic mass is 10.1. The molecule has 0 spiro atoms. The molecule has 0 radical (unpaired) electrons. The number of carbonyl (C=O) groups excluding carboxylic acids is 1. The zero-order valence-corrected chi connectivity index (χ0v) is 12.2. The van der Waals surface area contributed by atoms with Crippen LogP contribution in [0.4, 0.5) is 0 Å². The first-order valence-electron chi connectivity index (χ1n) is 7.35.